The minimum Gasteiger partial charge on any atom is -0.399 e. The van der Waals surface area contributed by atoms with E-state index in [2.05, 4.69) is 15.3 Å². The molecule has 0 atom stereocenters. The van der Waals surface area contributed by atoms with Crippen LogP contribution in [0.5, 0.6) is 0 Å². The number of benzene rings is 1. The number of nitrogen functional groups attached to an aromatic ring is 1. The van der Waals surface area contributed by atoms with E-state index in [4.69, 9.17) is 17.3 Å². The maximum Gasteiger partial charge on any atom is 0.201 e. The van der Waals surface area contributed by atoms with Gasteiger partial charge < -0.3 is 16.0 Å². The van der Waals surface area contributed by atoms with Crippen LogP contribution in [0.1, 0.15) is 4.88 Å². The van der Waals surface area contributed by atoms with Crippen LogP contribution >= 0.6 is 22.9 Å². The maximum absolute atomic E-state index is 5.89. The number of rotatable bonds is 4. The lowest BCUT2D eigenvalue weighted by Gasteiger charge is -2.00. The topological polar surface area (TPSA) is 66.7 Å². The summed E-state index contributed by atoms with van der Waals surface area (Å²) in [7, 11) is 0. The second-order valence-corrected chi connectivity index (χ2v) is 6.04. The Kier molecular flexibility index (Phi) is 3.31. The number of aromatic nitrogens is 2. The number of thiophene rings is 1. The van der Waals surface area contributed by atoms with Crippen LogP contribution in [0.3, 0.4) is 0 Å². The van der Waals surface area contributed by atoms with Gasteiger partial charge in [0.15, 0.2) is 0 Å². The number of nitrogens with two attached hydrogens (primary N) is 1. The number of nitrogens with one attached hydrogen (secondary N) is 2. The van der Waals surface area contributed by atoms with Crippen molar-refractivity contribution >= 4 is 45.6 Å². The molecule has 0 saturated heterocycles. The summed E-state index contributed by atoms with van der Waals surface area (Å²) >= 11 is 7.50. The summed E-state index contributed by atoms with van der Waals surface area (Å²) in [6.07, 6.45) is 0.927. The molecule has 0 amide bonds. The van der Waals surface area contributed by atoms with Crippen molar-refractivity contribution in [3.63, 3.8) is 0 Å². The van der Waals surface area contributed by atoms with E-state index < -0.39 is 0 Å². The SMILES string of the molecule is Nc1ccc2nc(NCCc3ccc(Cl)s3)[nH]c2c1. The van der Waals surface area contributed by atoms with Crippen molar-refractivity contribution in [2.75, 3.05) is 17.6 Å². The molecule has 0 radical (unpaired) electrons. The second-order valence-electron chi connectivity index (χ2n) is 4.24. The molecule has 0 saturated carbocycles. The number of anilines is 2. The summed E-state index contributed by atoms with van der Waals surface area (Å²) in [5.74, 6) is 0.767. The number of halogens is 1. The van der Waals surface area contributed by atoms with Crippen molar-refractivity contribution in [2.45, 2.75) is 6.42 Å². The van der Waals surface area contributed by atoms with Gasteiger partial charge in [0.2, 0.25) is 5.95 Å². The van der Waals surface area contributed by atoms with E-state index in [0.717, 1.165) is 40.0 Å². The molecule has 19 heavy (non-hydrogen) atoms. The van der Waals surface area contributed by atoms with Gasteiger partial charge in [0.25, 0.3) is 0 Å². The van der Waals surface area contributed by atoms with Gasteiger partial charge in [-0.05, 0) is 36.8 Å². The van der Waals surface area contributed by atoms with Crippen LogP contribution in [-0.4, -0.2) is 16.5 Å². The predicted molar refractivity (Wildman–Crippen MR) is 82.0 cm³/mol. The fourth-order valence-corrected chi connectivity index (χ4v) is 2.99. The summed E-state index contributed by atoms with van der Waals surface area (Å²) < 4.78 is 0.828. The Balaban J connectivity index is 1.65. The van der Waals surface area contributed by atoms with Crippen LogP contribution in [-0.2, 0) is 6.42 Å². The van der Waals surface area contributed by atoms with E-state index in [-0.39, 0.29) is 0 Å². The van der Waals surface area contributed by atoms with Gasteiger partial charge in [0, 0.05) is 17.1 Å². The van der Waals surface area contributed by atoms with Crippen LogP contribution in [0.4, 0.5) is 11.6 Å². The predicted octanol–water partition coefficient (Wildman–Crippen LogP) is 3.51. The Morgan fingerprint density at radius 3 is 3.00 bits per heavy atom. The fourth-order valence-electron chi connectivity index (χ4n) is 1.90. The molecule has 3 rings (SSSR count). The quantitative estimate of drug-likeness (QED) is 0.645. The molecule has 0 aliphatic rings. The molecule has 0 bridgehead atoms. The third-order valence-electron chi connectivity index (χ3n) is 2.80. The average Bonchev–Trinajstić information content (AvgIpc) is 2.95. The third kappa shape index (κ3) is 2.83. The van der Waals surface area contributed by atoms with Crippen LogP contribution < -0.4 is 11.1 Å². The minimum absolute atomic E-state index is 0.732. The molecule has 0 spiro atoms. The van der Waals surface area contributed by atoms with E-state index >= 15 is 0 Å². The van der Waals surface area contributed by atoms with Crippen LogP contribution in [0.15, 0.2) is 30.3 Å². The molecule has 6 heteroatoms. The molecule has 4 N–H and O–H groups in total. The van der Waals surface area contributed by atoms with Gasteiger partial charge in [-0.15, -0.1) is 11.3 Å². The molecule has 2 heterocycles. The summed E-state index contributed by atoms with van der Waals surface area (Å²) in [6, 6.07) is 9.61. The zero-order chi connectivity index (χ0) is 13.2. The number of H-pyrrole nitrogens is 1. The van der Waals surface area contributed by atoms with Crippen LogP contribution in [0, 0.1) is 0 Å². The molecule has 0 fully saturated rings. The maximum atomic E-state index is 5.89. The van der Waals surface area contributed by atoms with E-state index in [0.29, 0.717) is 0 Å². The van der Waals surface area contributed by atoms with E-state index in [9.17, 15) is 0 Å². The lowest BCUT2D eigenvalue weighted by Crippen LogP contribution is -2.04. The van der Waals surface area contributed by atoms with Gasteiger partial charge in [-0.25, -0.2) is 4.98 Å². The lowest BCUT2D eigenvalue weighted by atomic mass is 10.3. The molecular formula is C13H13ClN4S. The first-order chi connectivity index (χ1) is 9.20. The summed E-state index contributed by atoms with van der Waals surface area (Å²) in [5, 5.41) is 3.27. The largest absolute Gasteiger partial charge is 0.399 e. The molecule has 4 nitrogen and oxygen atoms in total. The smallest absolute Gasteiger partial charge is 0.201 e. The van der Waals surface area contributed by atoms with Crippen molar-refractivity contribution < 1.29 is 0 Å². The van der Waals surface area contributed by atoms with Crippen molar-refractivity contribution in [1.29, 1.82) is 0 Å². The van der Waals surface area contributed by atoms with E-state index in [1.54, 1.807) is 11.3 Å². The van der Waals surface area contributed by atoms with Gasteiger partial charge in [-0.1, -0.05) is 11.6 Å². The standard InChI is InChI=1S/C13H13ClN4S/c14-12-4-2-9(19-12)5-6-16-13-17-10-3-1-8(15)7-11(10)18-13/h1-4,7H,5-6,15H2,(H2,16,17,18). The first-order valence-corrected chi connectivity index (χ1v) is 7.13. The number of fused-ring (bicyclic) bond motifs is 1. The fraction of sp³-hybridized carbons (Fsp3) is 0.154. The normalized spacial score (nSPS) is 11.0. The average molecular weight is 293 g/mol. The van der Waals surface area contributed by atoms with Crippen molar-refractivity contribution in [3.8, 4) is 0 Å². The van der Waals surface area contributed by atoms with Crippen molar-refractivity contribution in [1.82, 2.24) is 9.97 Å². The molecule has 1 aromatic carbocycles. The van der Waals surface area contributed by atoms with Gasteiger partial charge in [-0.3, -0.25) is 0 Å². The monoisotopic (exact) mass is 292 g/mol. The van der Waals surface area contributed by atoms with Gasteiger partial charge in [0.1, 0.15) is 0 Å². The molecule has 3 aromatic rings. The molecular weight excluding hydrogens is 280 g/mol. The Hall–Kier alpha value is -1.72. The minimum atomic E-state index is 0.732. The summed E-state index contributed by atoms with van der Waals surface area (Å²) in [4.78, 5) is 8.91. The van der Waals surface area contributed by atoms with Crippen molar-refractivity contribution in [3.05, 3.63) is 39.5 Å². The highest BCUT2D eigenvalue weighted by Gasteiger charge is 2.03. The zero-order valence-corrected chi connectivity index (χ0v) is 11.7. The first kappa shape index (κ1) is 12.3. The van der Waals surface area contributed by atoms with E-state index in [1.807, 2.05) is 30.3 Å². The Morgan fingerprint density at radius 1 is 1.32 bits per heavy atom. The third-order valence-corrected chi connectivity index (χ3v) is 4.09. The Morgan fingerprint density at radius 2 is 2.21 bits per heavy atom. The van der Waals surface area contributed by atoms with Gasteiger partial charge in [-0.2, -0.15) is 0 Å². The second kappa shape index (κ2) is 5.11. The number of aromatic amines is 1. The summed E-state index contributed by atoms with van der Waals surface area (Å²) in [5.41, 5.74) is 8.32. The Labute approximate surface area is 119 Å². The van der Waals surface area contributed by atoms with E-state index in [1.165, 1.54) is 4.88 Å². The summed E-state index contributed by atoms with van der Waals surface area (Å²) in [6.45, 7) is 0.812. The van der Waals surface area contributed by atoms with Gasteiger partial charge in [0.05, 0.1) is 15.4 Å². The molecule has 2 aromatic heterocycles. The lowest BCUT2D eigenvalue weighted by molar-refractivity contribution is 1.02. The highest BCUT2D eigenvalue weighted by molar-refractivity contribution is 7.16. The zero-order valence-electron chi connectivity index (χ0n) is 10.1. The first-order valence-electron chi connectivity index (χ1n) is 5.94. The molecule has 0 unspecified atom stereocenters. The highest BCUT2D eigenvalue weighted by atomic mass is 35.5. The number of hydrogen-bond acceptors (Lipinski definition) is 4. The molecule has 98 valence electrons. The molecule has 0 aliphatic carbocycles. The number of nitrogens with zero attached hydrogens (tertiary/aromatic N) is 1. The Bertz CT molecular complexity index is 704. The number of imidazole rings is 1. The van der Waals surface area contributed by atoms with Crippen molar-refractivity contribution in [2.24, 2.45) is 0 Å². The van der Waals surface area contributed by atoms with Crippen LogP contribution in [0.2, 0.25) is 4.34 Å². The highest BCUT2D eigenvalue weighted by Crippen LogP contribution is 2.22. The number of hydrogen-bond donors (Lipinski definition) is 3. The van der Waals surface area contributed by atoms with Gasteiger partial charge >= 0.3 is 0 Å². The molecule has 0 aliphatic heterocycles. The van der Waals surface area contributed by atoms with Crippen LogP contribution in [0.25, 0.3) is 11.0 Å².